The Morgan fingerprint density at radius 1 is 1.78 bits per heavy atom. The monoisotopic (exact) mass is 125 g/mol. The lowest BCUT2D eigenvalue weighted by Gasteiger charge is -2.16. The molecule has 51 valence electrons. The summed E-state index contributed by atoms with van der Waals surface area (Å²) in [5.74, 6) is 0.440. The van der Waals surface area contributed by atoms with Crippen molar-refractivity contribution in [2.24, 2.45) is 5.92 Å². The van der Waals surface area contributed by atoms with Crippen molar-refractivity contribution in [2.45, 2.75) is 31.8 Å². The van der Waals surface area contributed by atoms with Gasteiger partial charge in [0.15, 0.2) is 0 Å². The van der Waals surface area contributed by atoms with E-state index in [1.165, 1.54) is 0 Å². The van der Waals surface area contributed by atoms with Crippen LogP contribution >= 0.6 is 0 Å². The van der Waals surface area contributed by atoms with E-state index < -0.39 is 5.60 Å². The van der Waals surface area contributed by atoms with Gasteiger partial charge in [-0.3, -0.25) is 0 Å². The molecule has 0 saturated heterocycles. The van der Waals surface area contributed by atoms with Crippen LogP contribution in [0.2, 0.25) is 0 Å². The molecule has 0 spiro atoms. The first-order chi connectivity index (χ1) is 4.17. The fourth-order valence-electron chi connectivity index (χ4n) is 1.15. The minimum atomic E-state index is -0.707. The highest BCUT2D eigenvalue weighted by Gasteiger charge is 2.40. The van der Waals surface area contributed by atoms with Gasteiger partial charge in [-0.15, -0.1) is 6.58 Å². The second-order valence-electron chi connectivity index (χ2n) is 3.08. The zero-order valence-electron chi connectivity index (χ0n) is 5.89. The lowest BCUT2D eigenvalue weighted by atomic mass is 9.97. The van der Waals surface area contributed by atoms with Gasteiger partial charge in [0.2, 0.25) is 0 Å². The van der Waals surface area contributed by atoms with E-state index in [9.17, 15) is 5.11 Å². The molecule has 0 aromatic heterocycles. The van der Waals surface area contributed by atoms with Crippen LogP contribution in [0.5, 0.6) is 0 Å². The van der Waals surface area contributed by atoms with Crippen molar-refractivity contribution in [1.29, 1.82) is 0 Å². The Bertz CT molecular complexity index is 112. The Labute approximate surface area is 56.4 Å². The van der Waals surface area contributed by atoms with Crippen LogP contribution in [0.1, 0.15) is 26.2 Å². The molecule has 1 rings (SSSR count). The molecule has 0 bridgehead atoms. The van der Waals surface area contributed by atoms with Crippen molar-refractivity contribution in [3.8, 4) is 0 Å². The number of rotatable bonds is 3. The largest absolute Gasteiger partial charge is 0.229 e. The smallest absolute Gasteiger partial charge is 0.107 e. The van der Waals surface area contributed by atoms with Gasteiger partial charge in [0, 0.05) is 0 Å². The summed E-state index contributed by atoms with van der Waals surface area (Å²) in [6.45, 7) is 5.34. The SMILES string of the molecule is C=CC[C@](C)([O])C1CC1. The zero-order valence-corrected chi connectivity index (χ0v) is 5.89. The summed E-state index contributed by atoms with van der Waals surface area (Å²) in [5, 5.41) is 11.4. The molecular formula is C8H13O. The molecule has 0 aliphatic heterocycles. The molecule has 0 aromatic rings. The maximum atomic E-state index is 11.4. The molecular weight excluding hydrogens is 112 g/mol. The van der Waals surface area contributed by atoms with E-state index in [4.69, 9.17) is 0 Å². The standard InChI is InChI=1S/C8H13O/c1-3-6-8(2,9)7-4-5-7/h3,7H,1,4-6H2,2H3/t8-/m0/s1. The Balaban J connectivity index is 2.38. The van der Waals surface area contributed by atoms with Gasteiger partial charge in [0.25, 0.3) is 0 Å². The van der Waals surface area contributed by atoms with Crippen LogP contribution in [0.15, 0.2) is 12.7 Å². The van der Waals surface area contributed by atoms with E-state index >= 15 is 0 Å². The Kier molecular flexibility index (Phi) is 1.62. The third kappa shape index (κ3) is 1.55. The van der Waals surface area contributed by atoms with Crippen LogP contribution < -0.4 is 0 Å². The summed E-state index contributed by atoms with van der Waals surface area (Å²) in [6.07, 6.45) is 4.62. The first-order valence-corrected chi connectivity index (χ1v) is 3.48. The Hall–Kier alpha value is -0.300. The fraction of sp³-hybridized carbons (Fsp3) is 0.750. The molecule has 0 aromatic carbocycles. The molecule has 1 nitrogen and oxygen atoms in total. The summed E-state index contributed by atoms with van der Waals surface area (Å²) >= 11 is 0. The van der Waals surface area contributed by atoms with Crippen LogP contribution in [-0.2, 0) is 5.11 Å². The first kappa shape index (κ1) is 6.81. The highest BCUT2D eigenvalue weighted by Crippen LogP contribution is 2.41. The lowest BCUT2D eigenvalue weighted by Crippen LogP contribution is -2.23. The van der Waals surface area contributed by atoms with E-state index in [1.807, 2.05) is 0 Å². The van der Waals surface area contributed by atoms with Gasteiger partial charge in [-0.2, -0.15) is 0 Å². The van der Waals surface area contributed by atoms with Crippen molar-refractivity contribution in [3.05, 3.63) is 12.7 Å². The summed E-state index contributed by atoms with van der Waals surface area (Å²) in [7, 11) is 0. The van der Waals surface area contributed by atoms with Gasteiger partial charge in [-0.05, 0) is 32.1 Å². The predicted octanol–water partition coefficient (Wildman–Crippen LogP) is 2.16. The van der Waals surface area contributed by atoms with Crippen molar-refractivity contribution < 1.29 is 5.11 Å². The molecule has 0 unspecified atom stereocenters. The van der Waals surface area contributed by atoms with E-state index in [0.29, 0.717) is 12.3 Å². The molecule has 0 N–H and O–H groups in total. The third-order valence-corrected chi connectivity index (χ3v) is 1.99. The molecule has 1 aliphatic carbocycles. The number of hydrogen-bond donors (Lipinski definition) is 0. The molecule has 1 radical (unpaired) electrons. The zero-order chi connectivity index (χ0) is 6.91. The van der Waals surface area contributed by atoms with Crippen molar-refractivity contribution in [1.82, 2.24) is 0 Å². The second kappa shape index (κ2) is 2.14. The van der Waals surface area contributed by atoms with Gasteiger partial charge in [0.05, 0.1) is 0 Å². The van der Waals surface area contributed by atoms with E-state index in [2.05, 4.69) is 6.58 Å². The van der Waals surface area contributed by atoms with Gasteiger partial charge in [-0.25, -0.2) is 5.11 Å². The highest BCUT2D eigenvalue weighted by molar-refractivity contribution is 4.94. The maximum absolute atomic E-state index is 11.4. The minimum Gasteiger partial charge on any atom is -0.229 e. The molecule has 1 atom stereocenters. The van der Waals surface area contributed by atoms with Crippen LogP contribution in [0.4, 0.5) is 0 Å². The van der Waals surface area contributed by atoms with Crippen LogP contribution in [0.25, 0.3) is 0 Å². The lowest BCUT2D eigenvalue weighted by molar-refractivity contribution is -0.0298. The normalized spacial score (nSPS) is 25.1. The third-order valence-electron chi connectivity index (χ3n) is 1.99. The number of hydrogen-bond acceptors (Lipinski definition) is 0. The summed E-state index contributed by atoms with van der Waals surface area (Å²) < 4.78 is 0. The van der Waals surface area contributed by atoms with E-state index in [-0.39, 0.29) is 0 Å². The average molecular weight is 125 g/mol. The fourth-order valence-corrected chi connectivity index (χ4v) is 1.15. The average Bonchev–Trinajstić information content (AvgIpc) is 2.41. The maximum Gasteiger partial charge on any atom is 0.107 e. The molecule has 1 saturated carbocycles. The summed E-state index contributed by atoms with van der Waals surface area (Å²) in [6, 6.07) is 0. The highest BCUT2D eigenvalue weighted by atomic mass is 16.3. The molecule has 9 heavy (non-hydrogen) atoms. The van der Waals surface area contributed by atoms with Crippen LogP contribution in [-0.4, -0.2) is 5.60 Å². The van der Waals surface area contributed by atoms with Gasteiger partial charge >= 0.3 is 0 Å². The van der Waals surface area contributed by atoms with Crippen molar-refractivity contribution in [2.75, 3.05) is 0 Å². The molecule has 1 aliphatic rings. The minimum absolute atomic E-state index is 0.440. The van der Waals surface area contributed by atoms with Gasteiger partial charge in [-0.1, -0.05) is 6.08 Å². The van der Waals surface area contributed by atoms with E-state index in [0.717, 1.165) is 12.8 Å². The molecule has 0 heterocycles. The van der Waals surface area contributed by atoms with Gasteiger partial charge < -0.3 is 0 Å². The second-order valence-corrected chi connectivity index (χ2v) is 3.08. The molecule has 1 heteroatoms. The summed E-state index contributed by atoms with van der Waals surface area (Å²) in [5.41, 5.74) is -0.707. The molecule has 1 fully saturated rings. The predicted molar refractivity (Wildman–Crippen MR) is 36.6 cm³/mol. The van der Waals surface area contributed by atoms with Crippen molar-refractivity contribution >= 4 is 0 Å². The van der Waals surface area contributed by atoms with Gasteiger partial charge in [0.1, 0.15) is 5.60 Å². The van der Waals surface area contributed by atoms with Crippen LogP contribution in [0.3, 0.4) is 0 Å². The Morgan fingerprint density at radius 3 is 2.67 bits per heavy atom. The Morgan fingerprint density at radius 2 is 2.33 bits per heavy atom. The first-order valence-electron chi connectivity index (χ1n) is 3.48. The van der Waals surface area contributed by atoms with Crippen molar-refractivity contribution in [3.63, 3.8) is 0 Å². The quantitative estimate of drug-likeness (QED) is 0.515. The summed E-state index contributed by atoms with van der Waals surface area (Å²) in [4.78, 5) is 0. The molecule has 0 amide bonds. The topological polar surface area (TPSA) is 19.9 Å². The van der Waals surface area contributed by atoms with E-state index in [1.54, 1.807) is 13.0 Å². The van der Waals surface area contributed by atoms with Crippen LogP contribution in [0, 0.1) is 5.92 Å².